The molecule has 0 heterocycles. The van der Waals surface area contributed by atoms with E-state index in [1.807, 2.05) is 43.3 Å². The zero-order chi connectivity index (χ0) is 14.5. The summed E-state index contributed by atoms with van der Waals surface area (Å²) < 4.78 is 1.04. The number of phenols is 1. The lowest BCUT2D eigenvalue weighted by Crippen LogP contribution is -2.04. The SMILES string of the molecule is Cc1ccc(O)c(CC(=O)CCc2ccc(Br)cc2)c1. The minimum absolute atomic E-state index is 0.147. The van der Waals surface area contributed by atoms with Crippen LogP contribution in [0.4, 0.5) is 0 Å². The van der Waals surface area contributed by atoms with Gasteiger partial charge in [-0.25, -0.2) is 0 Å². The number of rotatable bonds is 5. The van der Waals surface area contributed by atoms with Gasteiger partial charge in [-0.15, -0.1) is 0 Å². The van der Waals surface area contributed by atoms with E-state index in [2.05, 4.69) is 15.9 Å². The van der Waals surface area contributed by atoms with Crippen LogP contribution < -0.4 is 0 Å². The monoisotopic (exact) mass is 332 g/mol. The van der Waals surface area contributed by atoms with Crippen LogP contribution >= 0.6 is 15.9 Å². The largest absolute Gasteiger partial charge is 0.508 e. The normalized spacial score (nSPS) is 10.5. The summed E-state index contributed by atoms with van der Waals surface area (Å²) in [4.78, 5) is 12.0. The Labute approximate surface area is 127 Å². The van der Waals surface area contributed by atoms with Gasteiger partial charge >= 0.3 is 0 Å². The third kappa shape index (κ3) is 4.20. The molecule has 0 saturated heterocycles. The third-order valence-corrected chi connectivity index (χ3v) is 3.76. The van der Waals surface area contributed by atoms with Crippen molar-refractivity contribution in [3.8, 4) is 5.75 Å². The number of benzene rings is 2. The van der Waals surface area contributed by atoms with Gasteiger partial charge in [-0.2, -0.15) is 0 Å². The Morgan fingerprint density at radius 2 is 1.85 bits per heavy atom. The molecular formula is C17H17BrO2. The Morgan fingerprint density at radius 1 is 1.15 bits per heavy atom. The molecule has 0 amide bonds. The number of phenolic OH excluding ortho intramolecular Hbond substituents is 1. The highest BCUT2D eigenvalue weighted by Gasteiger charge is 2.08. The fourth-order valence-corrected chi connectivity index (χ4v) is 2.36. The lowest BCUT2D eigenvalue weighted by Gasteiger charge is -2.06. The highest BCUT2D eigenvalue weighted by molar-refractivity contribution is 9.10. The van der Waals surface area contributed by atoms with Gasteiger partial charge in [-0.1, -0.05) is 45.8 Å². The van der Waals surface area contributed by atoms with Gasteiger partial charge in [0.15, 0.2) is 0 Å². The van der Waals surface area contributed by atoms with E-state index in [-0.39, 0.29) is 11.5 Å². The molecule has 0 unspecified atom stereocenters. The minimum Gasteiger partial charge on any atom is -0.508 e. The summed E-state index contributed by atoms with van der Waals surface area (Å²) in [5.41, 5.74) is 2.92. The maximum Gasteiger partial charge on any atom is 0.137 e. The average molecular weight is 333 g/mol. The topological polar surface area (TPSA) is 37.3 Å². The summed E-state index contributed by atoms with van der Waals surface area (Å²) in [6.45, 7) is 1.95. The van der Waals surface area contributed by atoms with E-state index in [1.165, 1.54) is 0 Å². The Hall–Kier alpha value is -1.61. The molecule has 0 radical (unpaired) electrons. The smallest absolute Gasteiger partial charge is 0.137 e. The van der Waals surface area contributed by atoms with Gasteiger partial charge in [-0.05, 0) is 37.1 Å². The first-order chi connectivity index (χ1) is 9.54. The number of carbonyl (C=O) groups excluding carboxylic acids is 1. The van der Waals surface area contributed by atoms with E-state index in [9.17, 15) is 9.90 Å². The van der Waals surface area contributed by atoms with E-state index < -0.39 is 0 Å². The molecule has 0 aliphatic rings. The number of halogens is 1. The van der Waals surface area contributed by atoms with Gasteiger partial charge in [0.25, 0.3) is 0 Å². The van der Waals surface area contributed by atoms with Crippen LogP contribution in [0.25, 0.3) is 0 Å². The van der Waals surface area contributed by atoms with Crippen LogP contribution in [-0.4, -0.2) is 10.9 Å². The van der Waals surface area contributed by atoms with Gasteiger partial charge in [-0.3, -0.25) is 4.79 Å². The van der Waals surface area contributed by atoms with Gasteiger partial charge in [0.1, 0.15) is 11.5 Å². The number of ketones is 1. The second kappa shape index (κ2) is 6.71. The number of hydrogen-bond acceptors (Lipinski definition) is 2. The maximum atomic E-state index is 12.0. The van der Waals surface area contributed by atoms with Crippen LogP contribution in [0.3, 0.4) is 0 Å². The quantitative estimate of drug-likeness (QED) is 0.890. The molecule has 0 aromatic heterocycles. The van der Waals surface area contributed by atoms with E-state index in [4.69, 9.17) is 0 Å². The second-order valence-electron chi connectivity index (χ2n) is 4.97. The summed E-state index contributed by atoms with van der Waals surface area (Å²) in [6, 6.07) is 13.3. The first-order valence-electron chi connectivity index (χ1n) is 6.59. The summed E-state index contributed by atoms with van der Waals surface area (Å²) >= 11 is 3.39. The minimum atomic E-state index is 0.147. The van der Waals surface area contributed by atoms with E-state index in [0.717, 1.165) is 22.0 Å². The van der Waals surface area contributed by atoms with Crippen molar-refractivity contribution in [2.75, 3.05) is 0 Å². The Balaban J connectivity index is 1.92. The zero-order valence-electron chi connectivity index (χ0n) is 11.4. The van der Waals surface area contributed by atoms with Crippen LogP contribution in [0.5, 0.6) is 5.75 Å². The molecule has 20 heavy (non-hydrogen) atoms. The van der Waals surface area contributed by atoms with E-state index >= 15 is 0 Å². The third-order valence-electron chi connectivity index (χ3n) is 3.23. The molecule has 0 bridgehead atoms. The van der Waals surface area contributed by atoms with E-state index in [1.54, 1.807) is 6.07 Å². The fourth-order valence-electron chi connectivity index (χ4n) is 2.09. The Bertz CT molecular complexity index is 603. The number of Topliss-reactive ketones (excluding diaryl/α,β-unsaturated/α-hetero) is 1. The van der Waals surface area contributed by atoms with Gasteiger partial charge in [0.2, 0.25) is 0 Å². The van der Waals surface area contributed by atoms with Crippen molar-refractivity contribution in [1.82, 2.24) is 0 Å². The highest BCUT2D eigenvalue weighted by Crippen LogP contribution is 2.20. The van der Waals surface area contributed by atoms with Crippen LogP contribution in [0.1, 0.15) is 23.1 Å². The molecule has 0 aliphatic heterocycles. The summed E-state index contributed by atoms with van der Waals surface area (Å²) in [5.74, 6) is 0.349. The van der Waals surface area contributed by atoms with Crippen molar-refractivity contribution in [3.63, 3.8) is 0 Å². The Kier molecular flexibility index (Phi) is 4.96. The number of aromatic hydroxyl groups is 1. The van der Waals surface area contributed by atoms with Crippen molar-refractivity contribution in [3.05, 3.63) is 63.6 Å². The maximum absolute atomic E-state index is 12.0. The molecular weight excluding hydrogens is 316 g/mol. The fraction of sp³-hybridized carbons (Fsp3) is 0.235. The lowest BCUT2D eigenvalue weighted by atomic mass is 10.0. The molecule has 2 aromatic carbocycles. The number of aryl methyl sites for hydroxylation is 2. The zero-order valence-corrected chi connectivity index (χ0v) is 13.0. The van der Waals surface area contributed by atoms with Crippen LogP contribution in [0.2, 0.25) is 0 Å². The molecule has 104 valence electrons. The molecule has 2 rings (SSSR count). The number of carbonyl (C=O) groups is 1. The molecule has 1 N–H and O–H groups in total. The summed E-state index contributed by atoms with van der Waals surface area (Å²) in [6.07, 6.45) is 1.53. The summed E-state index contributed by atoms with van der Waals surface area (Å²) in [7, 11) is 0. The highest BCUT2D eigenvalue weighted by atomic mass is 79.9. The van der Waals surface area contributed by atoms with E-state index in [0.29, 0.717) is 18.4 Å². The molecule has 2 aromatic rings. The predicted octanol–water partition coefficient (Wildman–Crippen LogP) is 4.21. The molecule has 3 heteroatoms. The average Bonchev–Trinajstić information content (AvgIpc) is 2.42. The van der Waals surface area contributed by atoms with Crippen molar-refractivity contribution in [2.24, 2.45) is 0 Å². The number of hydrogen-bond donors (Lipinski definition) is 1. The first-order valence-corrected chi connectivity index (χ1v) is 7.38. The molecule has 0 spiro atoms. The summed E-state index contributed by atoms with van der Waals surface area (Å²) in [5, 5.41) is 9.74. The predicted molar refractivity (Wildman–Crippen MR) is 84.0 cm³/mol. The molecule has 0 atom stereocenters. The van der Waals surface area contributed by atoms with Crippen LogP contribution in [-0.2, 0) is 17.6 Å². The molecule has 0 aliphatic carbocycles. The van der Waals surface area contributed by atoms with Crippen molar-refractivity contribution >= 4 is 21.7 Å². The van der Waals surface area contributed by atoms with Gasteiger partial charge < -0.3 is 5.11 Å². The van der Waals surface area contributed by atoms with Crippen molar-refractivity contribution in [1.29, 1.82) is 0 Å². The van der Waals surface area contributed by atoms with Crippen molar-refractivity contribution < 1.29 is 9.90 Å². The standard InChI is InChI=1S/C17H17BrO2/c1-12-2-9-17(20)14(10-12)11-16(19)8-5-13-3-6-15(18)7-4-13/h2-4,6-7,9-10,20H,5,8,11H2,1H3. The van der Waals surface area contributed by atoms with Gasteiger partial charge in [0.05, 0.1) is 0 Å². The second-order valence-corrected chi connectivity index (χ2v) is 5.89. The van der Waals surface area contributed by atoms with Crippen LogP contribution in [0, 0.1) is 6.92 Å². The molecule has 2 nitrogen and oxygen atoms in total. The molecule has 0 saturated carbocycles. The lowest BCUT2D eigenvalue weighted by molar-refractivity contribution is -0.118. The first kappa shape index (κ1) is 14.8. The molecule has 0 fully saturated rings. The van der Waals surface area contributed by atoms with Crippen LogP contribution in [0.15, 0.2) is 46.9 Å². The Morgan fingerprint density at radius 3 is 2.55 bits per heavy atom. The van der Waals surface area contributed by atoms with Gasteiger partial charge in [0, 0.05) is 22.9 Å². The van der Waals surface area contributed by atoms with Crippen molar-refractivity contribution in [2.45, 2.75) is 26.2 Å².